The standard InChI is InChI=1S/C8H15NO2.ClH/c1-2-11-8(10)7-4-3-5-9-6-7;/h7,9H,2-6H2,1H3;1H/t7-;/m1./s1. The van der Waals surface area contributed by atoms with Crippen LogP contribution in [0.15, 0.2) is 0 Å². The lowest BCUT2D eigenvalue weighted by molar-refractivity contribution is -0.148. The Bertz CT molecular complexity index is 135. The summed E-state index contributed by atoms with van der Waals surface area (Å²) >= 11 is 0. The number of rotatable bonds is 2. The maximum absolute atomic E-state index is 11.1. The van der Waals surface area contributed by atoms with Crippen molar-refractivity contribution in [2.75, 3.05) is 19.7 Å². The van der Waals surface area contributed by atoms with Crippen molar-refractivity contribution in [2.24, 2.45) is 5.92 Å². The summed E-state index contributed by atoms with van der Waals surface area (Å²) in [7, 11) is 0. The Kier molecular flexibility index (Phi) is 6.11. The van der Waals surface area contributed by atoms with E-state index < -0.39 is 0 Å². The van der Waals surface area contributed by atoms with Crippen molar-refractivity contribution in [3.8, 4) is 0 Å². The van der Waals surface area contributed by atoms with Gasteiger partial charge in [-0.05, 0) is 26.3 Å². The Morgan fingerprint density at radius 2 is 2.42 bits per heavy atom. The zero-order chi connectivity index (χ0) is 8.10. The van der Waals surface area contributed by atoms with Gasteiger partial charge in [0.2, 0.25) is 0 Å². The summed E-state index contributed by atoms with van der Waals surface area (Å²) in [5.41, 5.74) is 0. The number of esters is 1. The summed E-state index contributed by atoms with van der Waals surface area (Å²) in [6.07, 6.45) is 2.06. The summed E-state index contributed by atoms with van der Waals surface area (Å²) in [6.45, 7) is 4.16. The van der Waals surface area contributed by atoms with E-state index in [4.69, 9.17) is 4.74 Å². The molecule has 1 N–H and O–H groups in total. The van der Waals surface area contributed by atoms with E-state index in [1.165, 1.54) is 0 Å². The van der Waals surface area contributed by atoms with Gasteiger partial charge in [0.25, 0.3) is 0 Å². The molecule has 72 valence electrons. The Balaban J connectivity index is 0.00000121. The van der Waals surface area contributed by atoms with Crippen molar-refractivity contribution >= 4 is 18.4 Å². The first-order chi connectivity index (χ1) is 5.34. The second-order valence-corrected chi connectivity index (χ2v) is 2.80. The minimum Gasteiger partial charge on any atom is -0.466 e. The van der Waals surface area contributed by atoms with Gasteiger partial charge in [0.15, 0.2) is 0 Å². The zero-order valence-electron chi connectivity index (χ0n) is 7.34. The molecule has 0 bridgehead atoms. The summed E-state index contributed by atoms with van der Waals surface area (Å²) in [5.74, 6) is 0.0587. The van der Waals surface area contributed by atoms with Crippen LogP contribution in [0.3, 0.4) is 0 Å². The number of hydrogen-bond acceptors (Lipinski definition) is 3. The molecule has 0 aromatic carbocycles. The number of hydrogen-bond donors (Lipinski definition) is 1. The average Bonchev–Trinajstić information content (AvgIpc) is 2.07. The quantitative estimate of drug-likeness (QED) is 0.665. The van der Waals surface area contributed by atoms with Gasteiger partial charge in [-0.25, -0.2) is 0 Å². The Hall–Kier alpha value is -0.280. The van der Waals surface area contributed by atoms with E-state index in [2.05, 4.69) is 5.32 Å². The number of ether oxygens (including phenoxy) is 1. The van der Waals surface area contributed by atoms with Crippen LogP contribution in [0, 0.1) is 5.92 Å². The Morgan fingerprint density at radius 3 is 2.92 bits per heavy atom. The third-order valence-electron chi connectivity index (χ3n) is 1.92. The van der Waals surface area contributed by atoms with Crippen LogP contribution in [0.25, 0.3) is 0 Å². The monoisotopic (exact) mass is 193 g/mol. The van der Waals surface area contributed by atoms with Crippen LogP contribution in [0.1, 0.15) is 19.8 Å². The van der Waals surface area contributed by atoms with Crippen LogP contribution in [-0.2, 0) is 9.53 Å². The third kappa shape index (κ3) is 3.41. The van der Waals surface area contributed by atoms with Crippen molar-refractivity contribution < 1.29 is 9.53 Å². The molecule has 0 aliphatic carbocycles. The molecule has 0 amide bonds. The smallest absolute Gasteiger partial charge is 0.310 e. The van der Waals surface area contributed by atoms with Crippen LogP contribution >= 0.6 is 12.4 Å². The van der Waals surface area contributed by atoms with E-state index >= 15 is 0 Å². The summed E-state index contributed by atoms with van der Waals surface area (Å²) in [4.78, 5) is 11.1. The first-order valence-electron chi connectivity index (χ1n) is 4.22. The molecule has 1 rings (SSSR count). The highest BCUT2D eigenvalue weighted by Gasteiger charge is 2.21. The van der Waals surface area contributed by atoms with Crippen LogP contribution in [0.5, 0.6) is 0 Å². The summed E-state index contributed by atoms with van der Waals surface area (Å²) < 4.78 is 4.90. The average molecular weight is 194 g/mol. The number of halogens is 1. The fraction of sp³-hybridized carbons (Fsp3) is 0.875. The van der Waals surface area contributed by atoms with Crippen molar-refractivity contribution in [2.45, 2.75) is 19.8 Å². The lowest BCUT2D eigenvalue weighted by Gasteiger charge is -2.20. The molecule has 3 nitrogen and oxygen atoms in total. The van der Waals surface area contributed by atoms with Crippen LogP contribution in [-0.4, -0.2) is 25.7 Å². The van der Waals surface area contributed by atoms with Crippen molar-refractivity contribution in [1.29, 1.82) is 0 Å². The Morgan fingerprint density at radius 1 is 1.67 bits per heavy atom. The highest BCUT2D eigenvalue weighted by Crippen LogP contribution is 2.11. The predicted molar refractivity (Wildman–Crippen MR) is 49.5 cm³/mol. The molecule has 0 saturated carbocycles. The first-order valence-corrected chi connectivity index (χ1v) is 4.22. The van der Waals surface area contributed by atoms with Gasteiger partial charge in [-0.1, -0.05) is 0 Å². The maximum atomic E-state index is 11.1. The predicted octanol–water partition coefficient (Wildman–Crippen LogP) is 0.971. The molecule has 4 heteroatoms. The molecule has 0 spiro atoms. The largest absolute Gasteiger partial charge is 0.466 e. The SMILES string of the molecule is CCOC(=O)[C@@H]1CCCNC1.Cl. The lowest BCUT2D eigenvalue weighted by Crippen LogP contribution is -2.35. The van der Waals surface area contributed by atoms with E-state index in [1.807, 2.05) is 6.92 Å². The molecule has 1 heterocycles. The van der Waals surface area contributed by atoms with Crippen LogP contribution in [0.4, 0.5) is 0 Å². The topological polar surface area (TPSA) is 38.3 Å². The normalized spacial score (nSPS) is 22.6. The Labute approximate surface area is 79.3 Å². The van der Waals surface area contributed by atoms with E-state index in [9.17, 15) is 4.79 Å². The van der Waals surface area contributed by atoms with Crippen molar-refractivity contribution in [3.05, 3.63) is 0 Å². The zero-order valence-corrected chi connectivity index (χ0v) is 8.15. The minimum atomic E-state index is -0.0419. The highest BCUT2D eigenvalue weighted by atomic mass is 35.5. The van der Waals surface area contributed by atoms with E-state index in [-0.39, 0.29) is 24.3 Å². The molecule has 0 aromatic heterocycles. The molecule has 1 fully saturated rings. The summed E-state index contributed by atoms with van der Waals surface area (Å²) in [6, 6.07) is 0. The molecular formula is C8H16ClNO2. The fourth-order valence-corrected chi connectivity index (χ4v) is 1.31. The molecule has 0 unspecified atom stereocenters. The maximum Gasteiger partial charge on any atom is 0.310 e. The van der Waals surface area contributed by atoms with Gasteiger partial charge < -0.3 is 10.1 Å². The van der Waals surface area contributed by atoms with Crippen molar-refractivity contribution in [1.82, 2.24) is 5.32 Å². The number of piperidine rings is 1. The number of nitrogens with one attached hydrogen (secondary N) is 1. The first kappa shape index (κ1) is 11.7. The molecule has 1 atom stereocenters. The molecule has 0 aromatic rings. The molecule has 1 aliphatic heterocycles. The van der Waals surface area contributed by atoms with Crippen LogP contribution in [0.2, 0.25) is 0 Å². The second kappa shape index (κ2) is 6.26. The van der Waals surface area contributed by atoms with E-state index in [0.29, 0.717) is 6.61 Å². The third-order valence-corrected chi connectivity index (χ3v) is 1.92. The van der Waals surface area contributed by atoms with Gasteiger partial charge in [0.05, 0.1) is 12.5 Å². The second-order valence-electron chi connectivity index (χ2n) is 2.80. The molecular weight excluding hydrogens is 178 g/mol. The minimum absolute atomic E-state index is 0. The van der Waals surface area contributed by atoms with Crippen LogP contribution < -0.4 is 5.32 Å². The van der Waals surface area contributed by atoms with Gasteiger partial charge >= 0.3 is 5.97 Å². The molecule has 0 radical (unpaired) electrons. The summed E-state index contributed by atoms with van der Waals surface area (Å²) in [5, 5.41) is 3.17. The van der Waals surface area contributed by atoms with E-state index in [0.717, 1.165) is 25.9 Å². The molecule has 12 heavy (non-hydrogen) atoms. The number of carbonyl (C=O) groups is 1. The highest BCUT2D eigenvalue weighted by molar-refractivity contribution is 5.85. The number of carbonyl (C=O) groups excluding carboxylic acids is 1. The van der Waals surface area contributed by atoms with Crippen molar-refractivity contribution in [3.63, 3.8) is 0 Å². The molecule has 1 saturated heterocycles. The van der Waals surface area contributed by atoms with Gasteiger partial charge in [-0.3, -0.25) is 4.79 Å². The molecule has 1 aliphatic rings. The van der Waals surface area contributed by atoms with Gasteiger partial charge in [0, 0.05) is 6.54 Å². The van der Waals surface area contributed by atoms with Gasteiger partial charge in [-0.15, -0.1) is 12.4 Å². The fourth-order valence-electron chi connectivity index (χ4n) is 1.31. The lowest BCUT2D eigenvalue weighted by atomic mass is 10.0. The van der Waals surface area contributed by atoms with E-state index in [1.54, 1.807) is 0 Å². The van der Waals surface area contributed by atoms with Gasteiger partial charge in [0.1, 0.15) is 0 Å². The van der Waals surface area contributed by atoms with Gasteiger partial charge in [-0.2, -0.15) is 0 Å².